The summed E-state index contributed by atoms with van der Waals surface area (Å²) in [6.45, 7) is 1.77. The summed E-state index contributed by atoms with van der Waals surface area (Å²) in [6, 6.07) is 13.2. The number of hydrogen-bond donors (Lipinski definition) is 1. The summed E-state index contributed by atoms with van der Waals surface area (Å²) in [6.07, 6.45) is 0.610. The molecule has 1 N–H and O–H groups in total. The van der Waals surface area contributed by atoms with E-state index in [1.807, 2.05) is 19.1 Å². The van der Waals surface area contributed by atoms with Gasteiger partial charge in [0.15, 0.2) is 6.61 Å². The van der Waals surface area contributed by atoms with Crippen LogP contribution in [-0.4, -0.2) is 18.2 Å². The van der Waals surface area contributed by atoms with Crippen LogP contribution >= 0.6 is 15.9 Å². The van der Waals surface area contributed by atoms with Crippen molar-refractivity contribution >= 4 is 27.5 Å². The molecular weight excluding hydrogens is 363 g/mol. The van der Waals surface area contributed by atoms with E-state index in [1.54, 1.807) is 24.3 Å². The molecule has 6 heteroatoms. The fourth-order valence-corrected chi connectivity index (χ4v) is 2.24. The summed E-state index contributed by atoms with van der Waals surface area (Å²) < 4.78 is 19.2. The zero-order valence-corrected chi connectivity index (χ0v) is 14.1. The van der Waals surface area contributed by atoms with E-state index in [0.29, 0.717) is 17.9 Å². The fourth-order valence-electron chi connectivity index (χ4n) is 1.86. The first-order chi connectivity index (χ1) is 11.1. The van der Waals surface area contributed by atoms with E-state index in [1.165, 1.54) is 12.1 Å². The van der Waals surface area contributed by atoms with Crippen LogP contribution in [0.3, 0.4) is 0 Å². The van der Waals surface area contributed by atoms with Gasteiger partial charge in [0.05, 0.1) is 5.71 Å². The number of ether oxygens (including phenoxy) is 1. The summed E-state index contributed by atoms with van der Waals surface area (Å²) >= 11 is 3.33. The zero-order valence-electron chi connectivity index (χ0n) is 12.6. The molecule has 0 atom stereocenters. The van der Waals surface area contributed by atoms with Gasteiger partial charge in [-0.3, -0.25) is 4.79 Å². The quantitative estimate of drug-likeness (QED) is 0.612. The lowest BCUT2D eigenvalue weighted by Gasteiger charge is -2.07. The first-order valence-electron chi connectivity index (χ1n) is 7.08. The van der Waals surface area contributed by atoms with Crippen LogP contribution in [0.4, 0.5) is 4.39 Å². The summed E-state index contributed by atoms with van der Waals surface area (Å²) in [5, 5.41) is 4.08. The second-order valence-corrected chi connectivity index (χ2v) is 5.62. The van der Waals surface area contributed by atoms with Gasteiger partial charge in [-0.25, -0.2) is 9.82 Å². The highest BCUT2D eigenvalue weighted by Gasteiger charge is 2.05. The Morgan fingerprint density at radius 3 is 2.65 bits per heavy atom. The van der Waals surface area contributed by atoms with Crippen LogP contribution in [0, 0.1) is 5.82 Å². The monoisotopic (exact) mass is 378 g/mol. The first-order valence-corrected chi connectivity index (χ1v) is 7.87. The lowest BCUT2D eigenvalue weighted by molar-refractivity contribution is -0.123. The van der Waals surface area contributed by atoms with Crippen molar-refractivity contribution in [3.05, 3.63) is 64.4 Å². The van der Waals surface area contributed by atoms with Crippen LogP contribution in [0.5, 0.6) is 5.75 Å². The number of rotatable bonds is 6. The molecule has 0 saturated heterocycles. The molecule has 0 radical (unpaired) electrons. The van der Waals surface area contributed by atoms with Crippen molar-refractivity contribution < 1.29 is 13.9 Å². The fraction of sp³-hybridized carbons (Fsp3) is 0.176. The third kappa shape index (κ3) is 5.49. The number of nitrogens with zero attached hydrogens (tertiary/aromatic N) is 1. The van der Waals surface area contributed by atoms with Crippen LogP contribution in [0.25, 0.3) is 0 Å². The standard InChI is InChI=1S/C17H16BrFN2O2/c1-2-16(12-6-8-14(19)9-7-12)20-21-17(22)11-23-15-5-3-4-13(18)10-15/h3-10H,2,11H2,1H3,(H,21,22)/b20-16-. The predicted molar refractivity (Wildman–Crippen MR) is 91.0 cm³/mol. The van der Waals surface area contributed by atoms with Gasteiger partial charge in [0.25, 0.3) is 5.91 Å². The van der Waals surface area contributed by atoms with Crippen LogP contribution in [-0.2, 0) is 4.79 Å². The molecule has 2 aromatic carbocycles. The molecule has 0 aliphatic heterocycles. The Morgan fingerprint density at radius 1 is 1.26 bits per heavy atom. The van der Waals surface area contributed by atoms with Crippen molar-refractivity contribution in [3.63, 3.8) is 0 Å². The predicted octanol–water partition coefficient (Wildman–Crippen LogP) is 3.90. The van der Waals surface area contributed by atoms with Crippen molar-refractivity contribution in [1.29, 1.82) is 0 Å². The molecule has 0 aliphatic rings. The van der Waals surface area contributed by atoms with Crippen molar-refractivity contribution in [1.82, 2.24) is 5.43 Å². The van der Waals surface area contributed by atoms with Gasteiger partial charge in [0.1, 0.15) is 11.6 Å². The summed E-state index contributed by atoms with van der Waals surface area (Å²) in [5.74, 6) is -0.0820. The molecule has 0 unspecified atom stereocenters. The molecule has 0 bridgehead atoms. The number of hydrazone groups is 1. The van der Waals surface area contributed by atoms with E-state index >= 15 is 0 Å². The molecule has 2 rings (SSSR count). The Morgan fingerprint density at radius 2 is 2.00 bits per heavy atom. The topological polar surface area (TPSA) is 50.7 Å². The number of amides is 1. The molecule has 0 aliphatic carbocycles. The molecule has 1 amide bonds. The maximum Gasteiger partial charge on any atom is 0.277 e. The minimum atomic E-state index is -0.363. The van der Waals surface area contributed by atoms with Gasteiger partial charge < -0.3 is 4.74 Å². The molecule has 0 aromatic heterocycles. The van der Waals surface area contributed by atoms with Crippen molar-refractivity contribution in [2.75, 3.05) is 6.61 Å². The summed E-state index contributed by atoms with van der Waals surface area (Å²) in [4.78, 5) is 11.8. The van der Waals surface area contributed by atoms with Gasteiger partial charge in [-0.1, -0.05) is 41.1 Å². The first kappa shape index (κ1) is 17.1. The molecule has 0 spiro atoms. The molecule has 0 fully saturated rings. The average molecular weight is 379 g/mol. The van der Waals surface area contributed by atoms with E-state index in [0.717, 1.165) is 10.0 Å². The van der Waals surface area contributed by atoms with Crippen molar-refractivity contribution in [2.45, 2.75) is 13.3 Å². The van der Waals surface area contributed by atoms with Gasteiger partial charge in [-0.05, 0) is 42.3 Å². The maximum atomic E-state index is 12.9. The van der Waals surface area contributed by atoms with E-state index in [4.69, 9.17) is 4.74 Å². The van der Waals surface area contributed by atoms with E-state index in [2.05, 4.69) is 26.5 Å². The van der Waals surface area contributed by atoms with E-state index < -0.39 is 0 Å². The number of carbonyl (C=O) groups excluding carboxylic acids is 1. The molecule has 120 valence electrons. The second kappa shape index (κ2) is 8.43. The van der Waals surface area contributed by atoms with Gasteiger partial charge >= 0.3 is 0 Å². The highest BCUT2D eigenvalue weighted by Crippen LogP contribution is 2.17. The highest BCUT2D eigenvalue weighted by atomic mass is 79.9. The summed E-state index contributed by atoms with van der Waals surface area (Å²) in [7, 11) is 0. The minimum absolute atomic E-state index is 0.139. The van der Waals surface area contributed by atoms with Crippen molar-refractivity contribution in [3.8, 4) is 5.75 Å². The largest absolute Gasteiger partial charge is 0.484 e. The number of carbonyl (C=O) groups is 1. The highest BCUT2D eigenvalue weighted by molar-refractivity contribution is 9.10. The number of hydrogen-bond acceptors (Lipinski definition) is 3. The Hall–Kier alpha value is -2.21. The average Bonchev–Trinajstić information content (AvgIpc) is 2.55. The van der Waals surface area contributed by atoms with Gasteiger partial charge in [-0.15, -0.1) is 0 Å². The number of nitrogens with one attached hydrogen (secondary N) is 1. The molecule has 2 aromatic rings. The Bertz CT molecular complexity index is 702. The van der Waals surface area contributed by atoms with E-state index in [9.17, 15) is 9.18 Å². The van der Waals surface area contributed by atoms with Crippen LogP contribution in [0.2, 0.25) is 0 Å². The minimum Gasteiger partial charge on any atom is -0.484 e. The van der Waals surface area contributed by atoms with Crippen molar-refractivity contribution in [2.24, 2.45) is 5.10 Å². The molecule has 0 saturated carbocycles. The number of benzene rings is 2. The molecule has 4 nitrogen and oxygen atoms in total. The zero-order chi connectivity index (χ0) is 16.7. The van der Waals surface area contributed by atoms with E-state index in [-0.39, 0.29) is 18.3 Å². The lowest BCUT2D eigenvalue weighted by Crippen LogP contribution is -2.26. The molecule has 0 heterocycles. The smallest absolute Gasteiger partial charge is 0.277 e. The Labute approximate surface area is 142 Å². The molecule has 23 heavy (non-hydrogen) atoms. The lowest BCUT2D eigenvalue weighted by atomic mass is 10.1. The van der Waals surface area contributed by atoms with Gasteiger partial charge in [-0.2, -0.15) is 5.10 Å². The third-order valence-electron chi connectivity index (χ3n) is 2.99. The third-order valence-corrected chi connectivity index (χ3v) is 3.49. The second-order valence-electron chi connectivity index (χ2n) is 4.70. The van der Waals surface area contributed by atoms with Gasteiger partial charge in [0, 0.05) is 4.47 Å². The van der Waals surface area contributed by atoms with Crippen LogP contribution in [0.1, 0.15) is 18.9 Å². The van der Waals surface area contributed by atoms with Crippen LogP contribution in [0.15, 0.2) is 58.1 Å². The number of halogens is 2. The maximum absolute atomic E-state index is 12.9. The van der Waals surface area contributed by atoms with Crippen LogP contribution < -0.4 is 10.2 Å². The summed E-state index contributed by atoms with van der Waals surface area (Å²) in [5.41, 5.74) is 3.88. The SMILES string of the molecule is CC/C(=N/NC(=O)COc1cccc(Br)c1)c1ccc(F)cc1. The van der Waals surface area contributed by atoms with Gasteiger partial charge in [0.2, 0.25) is 0 Å². The Balaban J connectivity index is 1.92. The molecular formula is C17H16BrFN2O2. The normalized spacial score (nSPS) is 11.2. The Kier molecular flexibility index (Phi) is 6.29.